The molecule has 0 bridgehead atoms. The first-order chi connectivity index (χ1) is 9.75. The fourth-order valence-corrected chi connectivity index (χ4v) is 2.75. The zero-order valence-corrected chi connectivity index (χ0v) is 12.0. The number of fused-ring (bicyclic) bond motifs is 1. The third-order valence-electron chi connectivity index (χ3n) is 4.01. The third kappa shape index (κ3) is 3.11. The normalized spacial score (nSPS) is 22.2. The lowest BCUT2D eigenvalue weighted by atomic mass is 10.0. The lowest BCUT2D eigenvalue weighted by Crippen LogP contribution is -2.45. The molecule has 20 heavy (non-hydrogen) atoms. The van der Waals surface area contributed by atoms with E-state index in [1.165, 1.54) is 17.2 Å². The number of nitrogens with one attached hydrogen (secondary N) is 2. The van der Waals surface area contributed by atoms with Gasteiger partial charge >= 0.3 is 0 Å². The molecule has 0 aliphatic carbocycles. The predicted molar refractivity (Wildman–Crippen MR) is 83.3 cm³/mol. The monoisotopic (exact) mass is 270 g/mol. The van der Waals surface area contributed by atoms with E-state index in [9.17, 15) is 0 Å². The minimum absolute atomic E-state index is 0.229. The first kappa shape index (κ1) is 13.4. The maximum atomic E-state index is 5.84. The molecule has 0 spiro atoms. The summed E-state index contributed by atoms with van der Waals surface area (Å²) >= 11 is 0. The van der Waals surface area contributed by atoms with Crippen LogP contribution in [0.2, 0.25) is 0 Å². The van der Waals surface area contributed by atoms with E-state index in [4.69, 9.17) is 4.74 Å². The van der Waals surface area contributed by atoms with Gasteiger partial charge in [-0.25, -0.2) is 0 Å². The Morgan fingerprint density at radius 1 is 1.20 bits per heavy atom. The molecule has 1 heterocycles. The van der Waals surface area contributed by atoms with Crippen LogP contribution in [0.4, 0.5) is 0 Å². The minimum Gasteiger partial charge on any atom is -0.492 e. The molecule has 0 saturated carbocycles. The molecule has 0 aromatic heterocycles. The molecule has 0 radical (unpaired) electrons. The van der Waals surface area contributed by atoms with Crippen LogP contribution in [0.1, 0.15) is 13.3 Å². The average molecular weight is 270 g/mol. The van der Waals surface area contributed by atoms with Gasteiger partial charge in [-0.1, -0.05) is 30.3 Å². The van der Waals surface area contributed by atoms with Crippen LogP contribution in [0.5, 0.6) is 5.75 Å². The van der Waals surface area contributed by atoms with E-state index in [0.717, 1.165) is 25.4 Å². The summed E-state index contributed by atoms with van der Waals surface area (Å²) in [5, 5.41) is 9.45. The second kappa shape index (κ2) is 5.81. The summed E-state index contributed by atoms with van der Waals surface area (Å²) in [6.07, 6.45) is 1.18. The van der Waals surface area contributed by atoms with E-state index >= 15 is 0 Å². The van der Waals surface area contributed by atoms with E-state index in [0.29, 0.717) is 6.61 Å². The van der Waals surface area contributed by atoms with Gasteiger partial charge in [-0.3, -0.25) is 0 Å². The molecule has 2 aromatic rings. The van der Waals surface area contributed by atoms with Crippen LogP contribution in [-0.4, -0.2) is 31.8 Å². The number of rotatable bonds is 5. The summed E-state index contributed by atoms with van der Waals surface area (Å²) in [5.41, 5.74) is 0.229. The Labute approximate surface area is 120 Å². The van der Waals surface area contributed by atoms with Crippen LogP contribution in [0.25, 0.3) is 10.8 Å². The Kier molecular flexibility index (Phi) is 3.90. The van der Waals surface area contributed by atoms with Gasteiger partial charge in [0.15, 0.2) is 0 Å². The lowest BCUT2D eigenvalue weighted by molar-refractivity contribution is 0.284. The van der Waals surface area contributed by atoms with Crippen molar-refractivity contribution in [3.63, 3.8) is 0 Å². The van der Waals surface area contributed by atoms with Gasteiger partial charge in [-0.15, -0.1) is 0 Å². The predicted octanol–water partition coefficient (Wildman–Crippen LogP) is 2.56. The Bertz CT molecular complexity index is 576. The number of ether oxygens (including phenoxy) is 1. The highest BCUT2D eigenvalue weighted by atomic mass is 16.5. The van der Waals surface area contributed by atoms with Crippen LogP contribution < -0.4 is 15.4 Å². The molecular formula is C17H22N2O. The van der Waals surface area contributed by atoms with Crippen molar-refractivity contribution in [1.82, 2.24) is 10.6 Å². The lowest BCUT2D eigenvalue weighted by Gasteiger charge is -2.24. The van der Waals surface area contributed by atoms with E-state index in [1.54, 1.807) is 0 Å². The molecule has 2 N–H and O–H groups in total. The van der Waals surface area contributed by atoms with Crippen LogP contribution in [0.3, 0.4) is 0 Å². The van der Waals surface area contributed by atoms with E-state index in [1.807, 2.05) is 6.07 Å². The van der Waals surface area contributed by atoms with Gasteiger partial charge in [0.1, 0.15) is 12.4 Å². The van der Waals surface area contributed by atoms with E-state index in [2.05, 4.69) is 54.0 Å². The second-order valence-corrected chi connectivity index (χ2v) is 5.77. The largest absolute Gasteiger partial charge is 0.492 e. The average Bonchev–Trinajstić information content (AvgIpc) is 2.91. The highest BCUT2D eigenvalue weighted by molar-refractivity contribution is 5.83. The zero-order valence-electron chi connectivity index (χ0n) is 12.0. The fraction of sp³-hybridized carbons (Fsp3) is 0.412. The molecule has 106 valence electrons. The Hall–Kier alpha value is -1.58. The molecule has 3 heteroatoms. The van der Waals surface area contributed by atoms with Gasteiger partial charge in [-0.05, 0) is 42.8 Å². The first-order valence-electron chi connectivity index (χ1n) is 7.33. The Morgan fingerprint density at radius 3 is 2.85 bits per heavy atom. The molecule has 3 nitrogen and oxygen atoms in total. The first-order valence-corrected chi connectivity index (χ1v) is 7.33. The summed E-state index contributed by atoms with van der Waals surface area (Å²) < 4.78 is 5.84. The molecule has 1 saturated heterocycles. The molecule has 1 unspecified atom stereocenters. The van der Waals surface area contributed by atoms with Crippen molar-refractivity contribution in [2.75, 3.05) is 26.2 Å². The molecule has 0 amide bonds. The van der Waals surface area contributed by atoms with Gasteiger partial charge in [0.05, 0.1) is 0 Å². The van der Waals surface area contributed by atoms with Gasteiger partial charge in [-0.2, -0.15) is 0 Å². The summed E-state index contributed by atoms with van der Waals surface area (Å²) in [6, 6.07) is 14.6. The van der Waals surface area contributed by atoms with Crippen molar-refractivity contribution in [3.8, 4) is 5.75 Å². The van der Waals surface area contributed by atoms with E-state index in [-0.39, 0.29) is 5.54 Å². The number of hydrogen-bond donors (Lipinski definition) is 2. The smallest absolute Gasteiger partial charge is 0.120 e. The van der Waals surface area contributed by atoms with Gasteiger partial charge in [0.2, 0.25) is 0 Å². The molecule has 1 aliphatic rings. The zero-order chi connectivity index (χ0) is 13.8. The van der Waals surface area contributed by atoms with E-state index < -0.39 is 0 Å². The van der Waals surface area contributed by atoms with Crippen LogP contribution >= 0.6 is 0 Å². The van der Waals surface area contributed by atoms with Crippen LogP contribution in [0.15, 0.2) is 42.5 Å². The highest BCUT2D eigenvalue weighted by Crippen LogP contribution is 2.20. The van der Waals surface area contributed by atoms with Crippen molar-refractivity contribution < 1.29 is 4.74 Å². The summed E-state index contributed by atoms with van der Waals surface area (Å²) in [6.45, 7) is 6.00. The Morgan fingerprint density at radius 2 is 2.05 bits per heavy atom. The van der Waals surface area contributed by atoms with Crippen molar-refractivity contribution >= 4 is 10.8 Å². The second-order valence-electron chi connectivity index (χ2n) is 5.77. The molecule has 1 aliphatic heterocycles. The van der Waals surface area contributed by atoms with Crippen LogP contribution in [-0.2, 0) is 0 Å². The van der Waals surface area contributed by atoms with Crippen molar-refractivity contribution in [1.29, 1.82) is 0 Å². The molecule has 1 fully saturated rings. The Balaban J connectivity index is 1.52. The summed E-state index contributed by atoms with van der Waals surface area (Å²) in [5.74, 6) is 0.945. The van der Waals surface area contributed by atoms with Crippen molar-refractivity contribution in [2.45, 2.75) is 18.9 Å². The maximum Gasteiger partial charge on any atom is 0.120 e. The standard InChI is InChI=1S/C17H22N2O/c1-17(8-9-18-13-17)19-10-11-20-16-7-6-14-4-2-3-5-15(14)12-16/h2-7,12,18-19H,8-11,13H2,1H3. The van der Waals surface area contributed by atoms with Gasteiger partial charge in [0, 0.05) is 18.6 Å². The number of hydrogen-bond acceptors (Lipinski definition) is 3. The highest BCUT2D eigenvalue weighted by Gasteiger charge is 2.27. The summed E-state index contributed by atoms with van der Waals surface area (Å²) in [4.78, 5) is 0. The molecule has 3 rings (SSSR count). The quantitative estimate of drug-likeness (QED) is 0.819. The SMILES string of the molecule is CC1(NCCOc2ccc3ccccc3c2)CCNC1. The fourth-order valence-electron chi connectivity index (χ4n) is 2.75. The number of benzene rings is 2. The van der Waals surface area contributed by atoms with Crippen molar-refractivity contribution in [3.05, 3.63) is 42.5 Å². The van der Waals surface area contributed by atoms with Gasteiger partial charge in [0.25, 0.3) is 0 Å². The maximum absolute atomic E-state index is 5.84. The molecule has 1 atom stereocenters. The van der Waals surface area contributed by atoms with Crippen LogP contribution in [0, 0.1) is 0 Å². The molecule has 2 aromatic carbocycles. The third-order valence-corrected chi connectivity index (χ3v) is 4.01. The van der Waals surface area contributed by atoms with Crippen molar-refractivity contribution in [2.24, 2.45) is 0 Å². The molecular weight excluding hydrogens is 248 g/mol. The summed E-state index contributed by atoms with van der Waals surface area (Å²) in [7, 11) is 0. The minimum atomic E-state index is 0.229. The topological polar surface area (TPSA) is 33.3 Å². The van der Waals surface area contributed by atoms with Gasteiger partial charge < -0.3 is 15.4 Å².